The summed E-state index contributed by atoms with van der Waals surface area (Å²) in [6.07, 6.45) is 6.74. The highest BCUT2D eigenvalue weighted by molar-refractivity contribution is 7.88. The number of nitrogens with zero attached hydrogens (tertiary/aromatic N) is 4. The second-order valence-electron chi connectivity index (χ2n) is 6.06. The molecular weight excluding hydrogens is 312 g/mol. The predicted molar refractivity (Wildman–Crippen MR) is 89.4 cm³/mol. The molecular formula is C16H22N4O2S. The van der Waals surface area contributed by atoms with Gasteiger partial charge in [-0.1, -0.05) is 6.07 Å². The van der Waals surface area contributed by atoms with Crippen molar-refractivity contribution in [2.24, 2.45) is 5.92 Å². The molecule has 0 N–H and O–H groups in total. The molecule has 0 spiro atoms. The molecule has 23 heavy (non-hydrogen) atoms. The number of hydrogen-bond donors (Lipinski definition) is 0. The molecule has 0 saturated carbocycles. The smallest absolute Gasteiger partial charge is 0.211 e. The van der Waals surface area contributed by atoms with Crippen LogP contribution in [-0.4, -0.2) is 46.8 Å². The zero-order chi connectivity index (χ0) is 16.4. The Morgan fingerprint density at radius 3 is 2.74 bits per heavy atom. The summed E-state index contributed by atoms with van der Waals surface area (Å²) in [5.74, 6) is 0.374. The van der Waals surface area contributed by atoms with Crippen molar-refractivity contribution in [1.29, 1.82) is 0 Å². The van der Waals surface area contributed by atoms with Gasteiger partial charge in [0.05, 0.1) is 17.6 Å². The molecule has 124 valence electrons. The first kappa shape index (κ1) is 16.1. The second-order valence-corrected chi connectivity index (χ2v) is 8.05. The third-order valence-electron chi connectivity index (χ3n) is 4.35. The molecule has 0 unspecified atom stereocenters. The van der Waals surface area contributed by atoms with Crippen molar-refractivity contribution in [2.45, 2.75) is 26.3 Å². The number of aromatic nitrogens is 3. The van der Waals surface area contributed by atoms with Crippen LogP contribution >= 0.6 is 0 Å². The Balaban J connectivity index is 1.67. The van der Waals surface area contributed by atoms with Crippen LogP contribution in [0.15, 0.2) is 30.6 Å². The molecule has 0 bridgehead atoms. The molecule has 1 fully saturated rings. The highest BCUT2D eigenvalue weighted by atomic mass is 32.2. The Labute approximate surface area is 137 Å². The second kappa shape index (κ2) is 6.41. The van der Waals surface area contributed by atoms with Crippen molar-refractivity contribution in [3.8, 4) is 11.4 Å². The molecule has 3 heterocycles. The number of rotatable bonds is 5. The lowest BCUT2D eigenvalue weighted by Crippen LogP contribution is -2.27. The summed E-state index contributed by atoms with van der Waals surface area (Å²) >= 11 is 0. The summed E-state index contributed by atoms with van der Waals surface area (Å²) in [5, 5.41) is 4.26. The van der Waals surface area contributed by atoms with Crippen molar-refractivity contribution in [3.05, 3.63) is 36.2 Å². The third-order valence-corrected chi connectivity index (χ3v) is 5.61. The lowest BCUT2D eigenvalue weighted by molar-refractivity contribution is 0.460. The predicted octanol–water partition coefficient (Wildman–Crippen LogP) is 1.79. The Kier molecular flexibility index (Phi) is 4.50. The molecule has 2 aromatic rings. The Morgan fingerprint density at radius 2 is 2.13 bits per heavy atom. The number of sulfonamides is 1. The van der Waals surface area contributed by atoms with Crippen LogP contribution in [0.3, 0.4) is 0 Å². The van der Waals surface area contributed by atoms with Gasteiger partial charge in [-0.15, -0.1) is 0 Å². The van der Waals surface area contributed by atoms with Gasteiger partial charge in [0.2, 0.25) is 10.0 Å². The van der Waals surface area contributed by atoms with Gasteiger partial charge in [0.25, 0.3) is 0 Å². The molecule has 2 aromatic heterocycles. The van der Waals surface area contributed by atoms with E-state index < -0.39 is 10.0 Å². The zero-order valence-corrected chi connectivity index (χ0v) is 14.3. The number of hydrogen-bond acceptors (Lipinski definition) is 4. The van der Waals surface area contributed by atoms with E-state index in [1.165, 1.54) is 6.26 Å². The molecule has 7 heteroatoms. The lowest BCUT2D eigenvalue weighted by atomic mass is 10.00. The molecule has 0 aliphatic carbocycles. The first-order valence-electron chi connectivity index (χ1n) is 7.89. The van der Waals surface area contributed by atoms with Gasteiger partial charge in [0.15, 0.2) is 0 Å². The van der Waals surface area contributed by atoms with Crippen LogP contribution in [0.2, 0.25) is 0 Å². The van der Waals surface area contributed by atoms with E-state index in [1.54, 1.807) is 10.5 Å². The lowest BCUT2D eigenvalue weighted by Gasteiger charge is -2.13. The van der Waals surface area contributed by atoms with Crippen LogP contribution in [0.25, 0.3) is 11.4 Å². The minimum Gasteiger partial charge on any atom is -0.264 e. The van der Waals surface area contributed by atoms with Gasteiger partial charge in [-0.2, -0.15) is 5.10 Å². The average molecular weight is 334 g/mol. The maximum absolute atomic E-state index is 11.6. The van der Waals surface area contributed by atoms with Crippen LogP contribution in [-0.2, 0) is 23.0 Å². The molecule has 1 saturated heterocycles. The largest absolute Gasteiger partial charge is 0.264 e. The summed E-state index contributed by atoms with van der Waals surface area (Å²) in [5.41, 5.74) is 3.08. The van der Waals surface area contributed by atoms with Crippen molar-refractivity contribution in [1.82, 2.24) is 19.1 Å². The van der Waals surface area contributed by atoms with Crippen molar-refractivity contribution in [3.63, 3.8) is 0 Å². The van der Waals surface area contributed by atoms with Gasteiger partial charge in [-0.3, -0.25) is 9.67 Å². The summed E-state index contributed by atoms with van der Waals surface area (Å²) < 4.78 is 26.6. The van der Waals surface area contributed by atoms with Crippen LogP contribution in [0.4, 0.5) is 0 Å². The molecule has 0 amide bonds. The van der Waals surface area contributed by atoms with Crippen LogP contribution in [0.5, 0.6) is 0 Å². The summed E-state index contributed by atoms with van der Waals surface area (Å²) in [7, 11) is -3.06. The van der Waals surface area contributed by atoms with Crippen molar-refractivity contribution >= 4 is 10.0 Å². The first-order chi connectivity index (χ1) is 11.0. The normalized spacial score (nSPS) is 19.3. The van der Waals surface area contributed by atoms with Crippen LogP contribution < -0.4 is 0 Å². The highest BCUT2D eigenvalue weighted by Crippen LogP contribution is 2.23. The molecule has 0 radical (unpaired) electrons. The topological polar surface area (TPSA) is 68.1 Å². The molecule has 0 aromatic carbocycles. The number of pyridine rings is 1. The van der Waals surface area contributed by atoms with E-state index in [0.717, 1.165) is 36.3 Å². The standard InChI is InChI=1S/C16H22N4O2S/c1-3-20-16(6-8-18-20)15-5-4-13(11-17-15)10-14-7-9-19(12-14)23(2,21)22/h4-6,8,11,14H,3,7,9-10,12H2,1-2H3/t14-/m0/s1. The van der Waals surface area contributed by atoms with Crippen LogP contribution in [0, 0.1) is 5.92 Å². The van der Waals surface area contributed by atoms with Gasteiger partial charge in [0.1, 0.15) is 0 Å². The fourth-order valence-corrected chi connectivity index (χ4v) is 4.02. The summed E-state index contributed by atoms with van der Waals surface area (Å²) in [6.45, 7) is 4.11. The summed E-state index contributed by atoms with van der Waals surface area (Å²) in [6, 6.07) is 6.06. The summed E-state index contributed by atoms with van der Waals surface area (Å²) in [4.78, 5) is 4.55. The quantitative estimate of drug-likeness (QED) is 0.836. The SMILES string of the molecule is CCn1nccc1-c1ccc(C[C@@H]2CCN(S(C)(=O)=O)C2)cn1. The van der Waals surface area contributed by atoms with E-state index in [9.17, 15) is 8.42 Å². The maximum atomic E-state index is 11.6. The van der Waals surface area contributed by atoms with E-state index in [1.807, 2.05) is 23.0 Å². The molecule has 1 atom stereocenters. The van der Waals surface area contributed by atoms with E-state index in [0.29, 0.717) is 19.0 Å². The Morgan fingerprint density at radius 1 is 1.30 bits per heavy atom. The Hall–Kier alpha value is -1.73. The zero-order valence-electron chi connectivity index (χ0n) is 13.5. The van der Waals surface area contributed by atoms with Gasteiger partial charge >= 0.3 is 0 Å². The van der Waals surface area contributed by atoms with Crippen molar-refractivity contribution in [2.75, 3.05) is 19.3 Å². The monoisotopic (exact) mass is 334 g/mol. The van der Waals surface area contributed by atoms with Gasteiger partial charge in [-0.25, -0.2) is 12.7 Å². The van der Waals surface area contributed by atoms with E-state index in [-0.39, 0.29) is 0 Å². The molecule has 1 aliphatic rings. The maximum Gasteiger partial charge on any atom is 0.211 e. The van der Waals surface area contributed by atoms with Gasteiger partial charge < -0.3 is 0 Å². The average Bonchev–Trinajstić information content (AvgIpc) is 3.16. The van der Waals surface area contributed by atoms with Gasteiger partial charge in [0, 0.05) is 32.0 Å². The highest BCUT2D eigenvalue weighted by Gasteiger charge is 2.28. The Bertz CT molecular complexity index is 768. The van der Waals surface area contributed by atoms with E-state index in [4.69, 9.17) is 0 Å². The molecule has 1 aliphatic heterocycles. The van der Waals surface area contributed by atoms with Crippen molar-refractivity contribution < 1.29 is 8.42 Å². The number of aryl methyl sites for hydroxylation is 1. The minimum atomic E-state index is -3.06. The van der Waals surface area contributed by atoms with Gasteiger partial charge in [-0.05, 0) is 43.4 Å². The molecule has 3 rings (SSSR count). The fourth-order valence-electron chi connectivity index (χ4n) is 3.10. The molecule has 6 nitrogen and oxygen atoms in total. The third kappa shape index (κ3) is 3.61. The van der Waals surface area contributed by atoms with E-state index in [2.05, 4.69) is 23.1 Å². The minimum absolute atomic E-state index is 0.374. The van der Waals surface area contributed by atoms with Crippen LogP contribution in [0.1, 0.15) is 18.9 Å². The van der Waals surface area contributed by atoms with E-state index >= 15 is 0 Å². The fraction of sp³-hybridized carbons (Fsp3) is 0.500. The first-order valence-corrected chi connectivity index (χ1v) is 9.74.